The average Bonchev–Trinajstić information content (AvgIpc) is 2.78. The van der Waals surface area contributed by atoms with Crippen molar-refractivity contribution in [1.82, 2.24) is 10.6 Å². The lowest BCUT2D eigenvalue weighted by atomic mass is 10.1. The van der Waals surface area contributed by atoms with E-state index in [1.807, 2.05) is 19.2 Å². The zero-order chi connectivity index (χ0) is 13.6. The second-order valence-corrected chi connectivity index (χ2v) is 5.56. The van der Waals surface area contributed by atoms with E-state index in [9.17, 15) is 9.59 Å². The first-order chi connectivity index (χ1) is 8.38. The van der Waals surface area contributed by atoms with Crippen molar-refractivity contribution in [3.63, 3.8) is 0 Å². The minimum atomic E-state index is -0.421. The molecule has 0 fully saturated rings. The zero-order valence-corrected chi connectivity index (χ0v) is 11.5. The third-order valence-electron chi connectivity index (χ3n) is 2.16. The van der Waals surface area contributed by atoms with Crippen molar-refractivity contribution in [2.75, 3.05) is 13.1 Å². The van der Waals surface area contributed by atoms with Crippen molar-refractivity contribution >= 4 is 23.2 Å². The zero-order valence-electron chi connectivity index (χ0n) is 10.7. The van der Waals surface area contributed by atoms with Crippen LogP contribution in [0.5, 0.6) is 0 Å². The number of hydrogen-bond donors (Lipinski definition) is 3. The third-order valence-corrected chi connectivity index (χ3v) is 2.85. The lowest BCUT2D eigenvalue weighted by molar-refractivity contribution is -0.121. The van der Waals surface area contributed by atoms with Crippen LogP contribution in [0.15, 0.2) is 16.8 Å². The summed E-state index contributed by atoms with van der Waals surface area (Å²) in [7, 11) is 0. The molecule has 1 rings (SSSR count). The van der Waals surface area contributed by atoms with E-state index in [1.165, 1.54) is 11.3 Å². The van der Waals surface area contributed by atoms with E-state index >= 15 is 0 Å². The van der Waals surface area contributed by atoms with Crippen LogP contribution in [0, 0.1) is 0 Å². The summed E-state index contributed by atoms with van der Waals surface area (Å²) < 4.78 is 0. The van der Waals surface area contributed by atoms with Crippen LogP contribution in [0.4, 0.5) is 0 Å². The first kappa shape index (κ1) is 14.7. The lowest BCUT2D eigenvalue weighted by Gasteiger charge is -2.18. The maximum Gasteiger partial charge on any atom is 0.252 e. The number of carbonyl (C=O) groups excluding carboxylic acids is 2. The molecule has 0 aromatic carbocycles. The molecule has 1 heterocycles. The first-order valence-corrected chi connectivity index (χ1v) is 6.69. The van der Waals surface area contributed by atoms with Gasteiger partial charge in [-0.15, -0.1) is 0 Å². The number of carbonyl (C=O) groups is 2. The SMILES string of the molecule is CC(C)(N)CNC(=O)CCNC(=O)c1ccsc1. The van der Waals surface area contributed by atoms with Gasteiger partial charge in [0.2, 0.25) is 5.91 Å². The van der Waals surface area contributed by atoms with Crippen molar-refractivity contribution in [1.29, 1.82) is 0 Å². The number of nitrogens with one attached hydrogen (secondary N) is 2. The normalized spacial score (nSPS) is 11.1. The molecule has 2 amide bonds. The highest BCUT2D eigenvalue weighted by Crippen LogP contribution is 2.05. The van der Waals surface area contributed by atoms with Crippen molar-refractivity contribution in [2.45, 2.75) is 25.8 Å². The molecule has 0 aliphatic rings. The quantitative estimate of drug-likeness (QED) is 0.711. The standard InChI is InChI=1S/C12H19N3O2S/c1-12(2,13)8-15-10(16)3-5-14-11(17)9-4-6-18-7-9/h4,6-7H,3,5,8,13H2,1-2H3,(H,14,17)(H,15,16). The van der Waals surface area contributed by atoms with Gasteiger partial charge in [-0.3, -0.25) is 9.59 Å². The topological polar surface area (TPSA) is 84.2 Å². The molecule has 0 unspecified atom stereocenters. The molecule has 100 valence electrons. The van der Waals surface area contributed by atoms with Gasteiger partial charge in [0.1, 0.15) is 0 Å². The Morgan fingerprint density at radius 2 is 2.11 bits per heavy atom. The molecular weight excluding hydrogens is 250 g/mol. The van der Waals surface area contributed by atoms with Crippen LogP contribution in [-0.2, 0) is 4.79 Å². The van der Waals surface area contributed by atoms with E-state index in [2.05, 4.69) is 10.6 Å². The molecule has 0 bridgehead atoms. The summed E-state index contributed by atoms with van der Waals surface area (Å²) in [5.41, 5.74) is 5.95. The molecule has 6 heteroatoms. The summed E-state index contributed by atoms with van der Waals surface area (Å²) >= 11 is 1.46. The lowest BCUT2D eigenvalue weighted by Crippen LogP contribution is -2.45. The second-order valence-electron chi connectivity index (χ2n) is 4.78. The van der Waals surface area contributed by atoms with Gasteiger partial charge in [0, 0.05) is 36.0 Å². The number of nitrogens with two attached hydrogens (primary N) is 1. The molecule has 0 saturated carbocycles. The monoisotopic (exact) mass is 269 g/mol. The minimum absolute atomic E-state index is 0.112. The van der Waals surface area contributed by atoms with Gasteiger partial charge in [-0.1, -0.05) is 0 Å². The largest absolute Gasteiger partial charge is 0.354 e. The van der Waals surface area contributed by atoms with Crippen LogP contribution in [-0.4, -0.2) is 30.4 Å². The van der Waals surface area contributed by atoms with Crippen molar-refractivity contribution in [3.05, 3.63) is 22.4 Å². The Kier molecular flexibility index (Phi) is 5.30. The van der Waals surface area contributed by atoms with E-state index in [1.54, 1.807) is 11.4 Å². The Labute approximate surface area is 111 Å². The molecule has 1 aromatic heterocycles. The summed E-state index contributed by atoms with van der Waals surface area (Å²) in [4.78, 5) is 23.0. The van der Waals surface area contributed by atoms with Gasteiger partial charge in [-0.25, -0.2) is 0 Å². The van der Waals surface area contributed by atoms with E-state index in [-0.39, 0.29) is 18.2 Å². The Balaban J connectivity index is 2.18. The van der Waals surface area contributed by atoms with Crippen molar-refractivity contribution in [2.24, 2.45) is 5.73 Å². The fourth-order valence-electron chi connectivity index (χ4n) is 1.20. The highest BCUT2D eigenvalue weighted by Gasteiger charge is 2.12. The number of rotatable bonds is 6. The molecule has 18 heavy (non-hydrogen) atoms. The maximum atomic E-state index is 11.5. The fourth-order valence-corrected chi connectivity index (χ4v) is 1.84. The van der Waals surface area contributed by atoms with Crippen LogP contribution in [0.3, 0.4) is 0 Å². The summed E-state index contributed by atoms with van der Waals surface area (Å²) in [5.74, 6) is -0.262. The van der Waals surface area contributed by atoms with Crippen molar-refractivity contribution in [3.8, 4) is 0 Å². The van der Waals surface area contributed by atoms with Crippen LogP contribution >= 0.6 is 11.3 Å². The molecule has 0 radical (unpaired) electrons. The van der Waals surface area contributed by atoms with Crippen LogP contribution < -0.4 is 16.4 Å². The molecule has 0 atom stereocenters. The van der Waals surface area contributed by atoms with E-state index in [4.69, 9.17) is 5.73 Å². The average molecular weight is 269 g/mol. The highest BCUT2D eigenvalue weighted by atomic mass is 32.1. The molecule has 1 aromatic rings. The number of hydrogen-bond acceptors (Lipinski definition) is 4. The predicted molar refractivity (Wildman–Crippen MR) is 72.5 cm³/mol. The number of thiophene rings is 1. The van der Waals surface area contributed by atoms with Gasteiger partial charge >= 0.3 is 0 Å². The van der Waals surface area contributed by atoms with E-state index < -0.39 is 5.54 Å². The van der Waals surface area contributed by atoms with Gasteiger partial charge in [-0.2, -0.15) is 11.3 Å². The molecule has 0 aliphatic carbocycles. The molecular formula is C12H19N3O2S. The van der Waals surface area contributed by atoms with Crippen LogP contribution in [0.2, 0.25) is 0 Å². The molecule has 0 aliphatic heterocycles. The van der Waals surface area contributed by atoms with E-state index in [0.29, 0.717) is 18.7 Å². The van der Waals surface area contributed by atoms with Gasteiger partial charge in [0.05, 0.1) is 0 Å². The Morgan fingerprint density at radius 3 is 2.67 bits per heavy atom. The summed E-state index contributed by atoms with van der Waals surface area (Å²) in [6.07, 6.45) is 0.256. The minimum Gasteiger partial charge on any atom is -0.354 e. The second kappa shape index (κ2) is 6.51. The fraction of sp³-hybridized carbons (Fsp3) is 0.500. The summed E-state index contributed by atoms with van der Waals surface area (Å²) in [6.45, 7) is 4.42. The molecule has 5 nitrogen and oxygen atoms in total. The summed E-state index contributed by atoms with van der Waals surface area (Å²) in [5, 5.41) is 9.02. The Morgan fingerprint density at radius 1 is 1.39 bits per heavy atom. The molecule has 0 spiro atoms. The van der Waals surface area contributed by atoms with Crippen LogP contribution in [0.25, 0.3) is 0 Å². The maximum absolute atomic E-state index is 11.5. The number of amides is 2. The Bertz CT molecular complexity index is 396. The molecule has 4 N–H and O–H groups in total. The molecule has 0 saturated heterocycles. The smallest absolute Gasteiger partial charge is 0.252 e. The Hall–Kier alpha value is -1.40. The van der Waals surface area contributed by atoms with Crippen molar-refractivity contribution < 1.29 is 9.59 Å². The van der Waals surface area contributed by atoms with Crippen LogP contribution in [0.1, 0.15) is 30.6 Å². The van der Waals surface area contributed by atoms with E-state index in [0.717, 1.165) is 0 Å². The van der Waals surface area contributed by atoms with Gasteiger partial charge < -0.3 is 16.4 Å². The van der Waals surface area contributed by atoms with Gasteiger partial charge in [-0.05, 0) is 25.3 Å². The van der Waals surface area contributed by atoms with Gasteiger partial charge in [0.25, 0.3) is 5.91 Å². The van der Waals surface area contributed by atoms with Gasteiger partial charge in [0.15, 0.2) is 0 Å². The predicted octanol–water partition coefficient (Wildman–Crippen LogP) is 0.721. The third kappa shape index (κ3) is 5.79. The summed E-state index contributed by atoms with van der Waals surface area (Å²) in [6, 6.07) is 1.75. The highest BCUT2D eigenvalue weighted by molar-refractivity contribution is 7.08. The first-order valence-electron chi connectivity index (χ1n) is 5.74.